The normalized spacial score (nSPS) is 23.5. The van der Waals surface area contributed by atoms with Crippen LogP contribution in [0.2, 0.25) is 5.02 Å². The van der Waals surface area contributed by atoms with Crippen molar-refractivity contribution in [3.63, 3.8) is 0 Å². The van der Waals surface area contributed by atoms with Crippen molar-refractivity contribution in [1.29, 1.82) is 0 Å². The molecule has 130 valence electrons. The van der Waals surface area contributed by atoms with Crippen LogP contribution in [0.25, 0.3) is 0 Å². The molecule has 0 radical (unpaired) electrons. The minimum atomic E-state index is -0.226. The fourth-order valence-electron chi connectivity index (χ4n) is 3.65. The zero-order chi connectivity index (χ0) is 17.1. The highest BCUT2D eigenvalue weighted by atomic mass is 35.5. The van der Waals surface area contributed by atoms with Crippen LogP contribution in [0.15, 0.2) is 24.3 Å². The zero-order valence-corrected chi connectivity index (χ0v) is 14.8. The first-order chi connectivity index (χ1) is 11.6. The van der Waals surface area contributed by atoms with E-state index in [1.165, 1.54) is 0 Å². The molecule has 24 heavy (non-hydrogen) atoms. The van der Waals surface area contributed by atoms with Gasteiger partial charge in [-0.3, -0.25) is 14.5 Å². The molecule has 0 saturated carbocycles. The van der Waals surface area contributed by atoms with Crippen LogP contribution in [-0.4, -0.2) is 60.4 Å². The molecule has 2 aliphatic heterocycles. The molecule has 0 aromatic heterocycles. The van der Waals surface area contributed by atoms with E-state index in [0.717, 1.165) is 44.6 Å². The summed E-state index contributed by atoms with van der Waals surface area (Å²) in [6.07, 6.45) is 2.64. The van der Waals surface area contributed by atoms with Gasteiger partial charge in [-0.15, -0.1) is 0 Å². The Hall–Kier alpha value is -1.59. The third-order valence-corrected chi connectivity index (χ3v) is 5.26. The van der Waals surface area contributed by atoms with Gasteiger partial charge in [-0.25, -0.2) is 0 Å². The zero-order valence-electron chi connectivity index (χ0n) is 14.1. The van der Waals surface area contributed by atoms with Crippen molar-refractivity contribution in [2.75, 3.05) is 37.6 Å². The molecule has 0 bridgehead atoms. The number of carbonyl (C=O) groups is 2. The van der Waals surface area contributed by atoms with E-state index in [1.54, 1.807) is 4.90 Å². The molecule has 2 aliphatic rings. The average Bonchev–Trinajstić information content (AvgIpc) is 2.77. The molecule has 2 amide bonds. The molecule has 0 N–H and O–H groups in total. The van der Waals surface area contributed by atoms with Crippen molar-refractivity contribution in [2.45, 2.75) is 32.2 Å². The number of para-hydroxylation sites is 1. The molecular formula is C18H24ClN3O2. The van der Waals surface area contributed by atoms with Crippen LogP contribution in [0.1, 0.15) is 26.2 Å². The van der Waals surface area contributed by atoms with Gasteiger partial charge < -0.3 is 9.80 Å². The molecule has 3 rings (SSSR count). The Morgan fingerprint density at radius 2 is 1.92 bits per heavy atom. The summed E-state index contributed by atoms with van der Waals surface area (Å²) in [5, 5.41) is 0.593. The summed E-state index contributed by atoms with van der Waals surface area (Å²) < 4.78 is 0. The molecule has 5 nitrogen and oxygen atoms in total. The van der Waals surface area contributed by atoms with Gasteiger partial charge in [-0.2, -0.15) is 0 Å². The topological polar surface area (TPSA) is 43.9 Å². The molecule has 2 saturated heterocycles. The van der Waals surface area contributed by atoms with E-state index < -0.39 is 0 Å². The number of hydrogen-bond donors (Lipinski definition) is 0. The number of hydrogen-bond acceptors (Lipinski definition) is 3. The Morgan fingerprint density at radius 1 is 1.12 bits per heavy atom. The quantitative estimate of drug-likeness (QED) is 0.841. The van der Waals surface area contributed by atoms with Crippen molar-refractivity contribution >= 4 is 29.1 Å². The van der Waals surface area contributed by atoms with Crippen molar-refractivity contribution in [1.82, 2.24) is 9.80 Å². The predicted octanol–water partition coefficient (Wildman–Crippen LogP) is 2.39. The lowest BCUT2D eigenvalue weighted by Gasteiger charge is -2.38. The Bertz CT molecular complexity index is 622. The van der Waals surface area contributed by atoms with Crippen molar-refractivity contribution in [3.8, 4) is 0 Å². The molecule has 1 aromatic carbocycles. The lowest BCUT2D eigenvalue weighted by atomic mass is 10.0. The lowest BCUT2D eigenvalue weighted by Crippen LogP contribution is -2.54. The van der Waals surface area contributed by atoms with Crippen molar-refractivity contribution < 1.29 is 9.59 Å². The molecule has 2 fully saturated rings. The molecular weight excluding hydrogens is 326 g/mol. The monoisotopic (exact) mass is 349 g/mol. The maximum Gasteiger partial charge on any atom is 0.244 e. The van der Waals surface area contributed by atoms with Crippen LogP contribution in [0.4, 0.5) is 5.69 Å². The number of amides is 2. The number of carbonyl (C=O) groups excluding carboxylic acids is 2. The van der Waals surface area contributed by atoms with Gasteiger partial charge in [0.2, 0.25) is 11.8 Å². The Balaban J connectivity index is 1.78. The van der Waals surface area contributed by atoms with E-state index >= 15 is 0 Å². The summed E-state index contributed by atoms with van der Waals surface area (Å²) in [4.78, 5) is 31.1. The molecule has 0 spiro atoms. The van der Waals surface area contributed by atoms with Gasteiger partial charge in [0.15, 0.2) is 0 Å². The first-order valence-corrected chi connectivity index (χ1v) is 9.07. The smallest absolute Gasteiger partial charge is 0.244 e. The minimum absolute atomic E-state index is 0.0621. The van der Waals surface area contributed by atoms with Gasteiger partial charge in [0, 0.05) is 26.2 Å². The lowest BCUT2D eigenvalue weighted by molar-refractivity contribution is -0.133. The number of likely N-dealkylation sites (N-methyl/N-ethyl adjacent to an activating group) is 1. The second-order valence-corrected chi connectivity index (χ2v) is 6.80. The SMILES string of the molecule is CCN1CCCN(C2CCCN(c3ccccc3Cl)C2=O)CC1=O. The fraction of sp³-hybridized carbons (Fsp3) is 0.556. The van der Waals surface area contributed by atoms with Crippen LogP contribution in [0.5, 0.6) is 0 Å². The summed E-state index contributed by atoms with van der Waals surface area (Å²) in [7, 11) is 0. The van der Waals surface area contributed by atoms with Gasteiger partial charge in [0.1, 0.15) is 0 Å². The summed E-state index contributed by atoms with van der Waals surface area (Å²) in [6, 6.07) is 7.23. The number of benzene rings is 1. The van der Waals surface area contributed by atoms with Gasteiger partial charge >= 0.3 is 0 Å². The molecule has 1 unspecified atom stereocenters. The first kappa shape index (κ1) is 17.2. The number of rotatable bonds is 3. The van der Waals surface area contributed by atoms with E-state index in [9.17, 15) is 9.59 Å². The van der Waals surface area contributed by atoms with Crippen LogP contribution >= 0.6 is 11.6 Å². The second kappa shape index (κ2) is 7.53. The van der Waals surface area contributed by atoms with Gasteiger partial charge in [0.25, 0.3) is 0 Å². The van der Waals surface area contributed by atoms with E-state index in [0.29, 0.717) is 18.1 Å². The minimum Gasteiger partial charge on any atom is -0.342 e. The molecule has 1 aromatic rings. The number of nitrogens with zero attached hydrogens (tertiary/aromatic N) is 3. The summed E-state index contributed by atoms with van der Waals surface area (Å²) in [5.41, 5.74) is 0.769. The highest BCUT2D eigenvalue weighted by molar-refractivity contribution is 6.33. The predicted molar refractivity (Wildman–Crippen MR) is 95.3 cm³/mol. The Kier molecular flexibility index (Phi) is 5.41. The maximum absolute atomic E-state index is 13.0. The second-order valence-electron chi connectivity index (χ2n) is 6.40. The van der Waals surface area contributed by atoms with Crippen molar-refractivity contribution in [2.24, 2.45) is 0 Å². The number of piperidine rings is 1. The summed E-state index contributed by atoms with van der Waals surface area (Å²) >= 11 is 6.28. The standard InChI is InChI=1S/C18H24ClN3O2/c1-2-20-10-6-11-21(13-17(20)23)16-9-5-12-22(18(16)24)15-8-4-3-7-14(15)19/h3-4,7-8,16H,2,5-6,9-13H2,1H3. The van der Waals surface area contributed by atoms with Crippen LogP contribution in [-0.2, 0) is 9.59 Å². The first-order valence-electron chi connectivity index (χ1n) is 8.69. The largest absolute Gasteiger partial charge is 0.342 e. The maximum atomic E-state index is 13.0. The van der Waals surface area contributed by atoms with Crippen LogP contribution in [0, 0.1) is 0 Å². The number of halogens is 1. The van der Waals surface area contributed by atoms with Crippen molar-refractivity contribution in [3.05, 3.63) is 29.3 Å². The van der Waals surface area contributed by atoms with E-state index in [-0.39, 0.29) is 17.9 Å². The van der Waals surface area contributed by atoms with E-state index in [1.807, 2.05) is 36.1 Å². The third-order valence-electron chi connectivity index (χ3n) is 4.94. The summed E-state index contributed by atoms with van der Waals surface area (Å²) in [6.45, 7) is 5.31. The van der Waals surface area contributed by atoms with Gasteiger partial charge in [-0.1, -0.05) is 23.7 Å². The number of anilines is 1. The summed E-state index contributed by atoms with van der Waals surface area (Å²) in [5.74, 6) is 0.185. The van der Waals surface area contributed by atoms with Gasteiger partial charge in [-0.05, 0) is 38.3 Å². The average molecular weight is 350 g/mol. The molecule has 2 heterocycles. The highest BCUT2D eigenvalue weighted by Gasteiger charge is 2.36. The van der Waals surface area contributed by atoms with E-state index in [2.05, 4.69) is 4.90 Å². The Morgan fingerprint density at radius 3 is 2.67 bits per heavy atom. The van der Waals surface area contributed by atoms with Gasteiger partial charge in [0.05, 0.1) is 23.3 Å². The molecule has 0 aliphatic carbocycles. The van der Waals surface area contributed by atoms with Crippen LogP contribution < -0.4 is 4.90 Å². The fourth-order valence-corrected chi connectivity index (χ4v) is 3.89. The van der Waals surface area contributed by atoms with Crippen LogP contribution in [0.3, 0.4) is 0 Å². The Labute approximate surface area is 148 Å². The highest BCUT2D eigenvalue weighted by Crippen LogP contribution is 2.30. The van der Waals surface area contributed by atoms with E-state index in [4.69, 9.17) is 11.6 Å². The molecule has 6 heteroatoms. The third kappa shape index (κ3) is 3.42. The molecule has 1 atom stereocenters.